The van der Waals surface area contributed by atoms with Gasteiger partial charge in [-0.05, 0) is 6.92 Å². The predicted molar refractivity (Wildman–Crippen MR) is 40.6 cm³/mol. The Morgan fingerprint density at radius 1 is 1.33 bits per heavy atom. The van der Waals surface area contributed by atoms with Gasteiger partial charge in [-0.3, -0.25) is 0 Å². The van der Waals surface area contributed by atoms with Crippen LogP contribution in [0.4, 0.5) is 0 Å². The first kappa shape index (κ1) is 6.90. The van der Waals surface area contributed by atoms with Gasteiger partial charge in [0.15, 0.2) is 0 Å². The van der Waals surface area contributed by atoms with Crippen molar-refractivity contribution in [3.63, 3.8) is 0 Å². The van der Waals surface area contributed by atoms with Crippen molar-refractivity contribution in [2.45, 2.75) is 6.92 Å². The van der Waals surface area contributed by atoms with Gasteiger partial charge in [-0.2, -0.15) is 4.98 Å². The fraction of sp³-hybridized carbons (Fsp3) is 0.143. The minimum absolute atomic E-state index is 0.231. The molecule has 0 bridgehead atoms. The van der Waals surface area contributed by atoms with E-state index in [0.29, 0.717) is 11.2 Å². The zero-order valence-electron chi connectivity index (χ0n) is 6.31. The molecule has 0 radical (unpaired) electrons. The third kappa shape index (κ3) is 0.952. The molecule has 0 aliphatic rings. The van der Waals surface area contributed by atoms with E-state index in [9.17, 15) is 4.79 Å². The molecule has 0 saturated heterocycles. The van der Waals surface area contributed by atoms with Gasteiger partial charge in [-0.1, -0.05) is 0 Å². The maximum Gasteiger partial charge on any atom is 0.356 e. The Hall–Kier alpha value is -1.78. The molecule has 0 aliphatic carbocycles. The predicted octanol–water partition coefficient (Wildman–Crippen LogP) is 0.286. The van der Waals surface area contributed by atoms with Crippen LogP contribution in [0.1, 0.15) is 5.69 Å². The van der Waals surface area contributed by atoms with Crippen molar-refractivity contribution >= 4 is 11.2 Å². The average molecular weight is 163 g/mol. The monoisotopic (exact) mass is 163 g/mol. The standard InChI is InChI=1S/C7H5N3O2/c1-4-6-7(10-3-9-4)12-5(11)2-8-6/h2-3H,1H3. The fourth-order valence-corrected chi connectivity index (χ4v) is 0.907. The van der Waals surface area contributed by atoms with E-state index in [0.717, 1.165) is 6.20 Å². The Morgan fingerprint density at radius 3 is 3.00 bits per heavy atom. The van der Waals surface area contributed by atoms with Crippen LogP contribution in [0, 0.1) is 6.92 Å². The topological polar surface area (TPSA) is 68.9 Å². The maximum absolute atomic E-state index is 10.7. The van der Waals surface area contributed by atoms with E-state index < -0.39 is 5.63 Å². The highest BCUT2D eigenvalue weighted by atomic mass is 16.4. The molecule has 2 heterocycles. The summed E-state index contributed by atoms with van der Waals surface area (Å²) in [5.41, 5.74) is 0.955. The fourth-order valence-electron chi connectivity index (χ4n) is 0.907. The molecule has 0 amide bonds. The minimum Gasteiger partial charge on any atom is -0.401 e. The van der Waals surface area contributed by atoms with Crippen LogP contribution in [-0.2, 0) is 0 Å². The summed E-state index contributed by atoms with van der Waals surface area (Å²) in [7, 11) is 0. The zero-order valence-corrected chi connectivity index (χ0v) is 6.31. The van der Waals surface area contributed by atoms with Crippen LogP contribution in [0.25, 0.3) is 11.2 Å². The normalized spacial score (nSPS) is 10.4. The summed E-state index contributed by atoms with van der Waals surface area (Å²) in [6.07, 6.45) is 2.45. The van der Waals surface area contributed by atoms with Crippen LogP contribution in [0.5, 0.6) is 0 Å². The van der Waals surface area contributed by atoms with Gasteiger partial charge in [-0.25, -0.2) is 14.8 Å². The highest BCUT2D eigenvalue weighted by Gasteiger charge is 2.01. The Balaban J connectivity index is 2.96. The Kier molecular flexibility index (Phi) is 1.36. The number of rotatable bonds is 0. The SMILES string of the molecule is Cc1ncnc2oc(=O)cnc12. The second-order valence-corrected chi connectivity index (χ2v) is 2.29. The molecule has 2 aromatic heterocycles. The van der Waals surface area contributed by atoms with Crippen molar-refractivity contribution in [1.29, 1.82) is 0 Å². The van der Waals surface area contributed by atoms with Crippen LogP contribution < -0.4 is 5.63 Å². The van der Waals surface area contributed by atoms with Crippen molar-refractivity contribution in [3.8, 4) is 0 Å². The second kappa shape index (κ2) is 2.37. The van der Waals surface area contributed by atoms with E-state index >= 15 is 0 Å². The average Bonchev–Trinajstić information content (AvgIpc) is 2.04. The van der Waals surface area contributed by atoms with Crippen LogP contribution in [-0.4, -0.2) is 15.0 Å². The number of aromatic nitrogens is 3. The molecule has 0 saturated carbocycles. The van der Waals surface area contributed by atoms with Gasteiger partial charge in [0, 0.05) is 0 Å². The summed E-state index contributed by atoms with van der Waals surface area (Å²) >= 11 is 0. The van der Waals surface area contributed by atoms with Gasteiger partial charge in [0.25, 0.3) is 5.71 Å². The smallest absolute Gasteiger partial charge is 0.356 e. The zero-order chi connectivity index (χ0) is 8.55. The molecule has 2 aromatic rings. The van der Waals surface area contributed by atoms with Crippen molar-refractivity contribution in [2.75, 3.05) is 0 Å². The molecule has 5 heteroatoms. The molecule has 0 fully saturated rings. The maximum atomic E-state index is 10.7. The molecule has 5 nitrogen and oxygen atoms in total. The quantitative estimate of drug-likeness (QED) is 0.558. The number of hydrogen-bond acceptors (Lipinski definition) is 5. The molecule has 0 unspecified atom stereocenters. The first-order chi connectivity index (χ1) is 5.77. The van der Waals surface area contributed by atoms with Crippen LogP contribution >= 0.6 is 0 Å². The van der Waals surface area contributed by atoms with Gasteiger partial charge in [-0.15, -0.1) is 0 Å². The molecule has 60 valence electrons. The molecule has 2 rings (SSSR count). The Bertz CT molecular complexity index is 477. The van der Waals surface area contributed by atoms with Gasteiger partial charge < -0.3 is 4.42 Å². The third-order valence-corrected chi connectivity index (χ3v) is 1.47. The first-order valence-electron chi connectivity index (χ1n) is 3.35. The van der Waals surface area contributed by atoms with E-state index in [2.05, 4.69) is 15.0 Å². The largest absolute Gasteiger partial charge is 0.401 e. The molecule has 12 heavy (non-hydrogen) atoms. The Morgan fingerprint density at radius 2 is 2.17 bits per heavy atom. The molecule has 0 aliphatic heterocycles. The van der Waals surface area contributed by atoms with E-state index in [-0.39, 0.29) is 5.71 Å². The van der Waals surface area contributed by atoms with Crippen LogP contribution in [0.3, 0.4) is 0 Å². The van der Waals surface area contributed by atoms with Gasteiger partial charge in [0.05, 0.1) is 5.69 Å². The summed E-state index contributed by atoms with van der Waals surface area (Å²) in [6, 6.07) is 0. The van der Waals surface area contributed by atoms with Crippen molar-refractivity contribution < 1.29 is 4.42 Å². The lowest BCUT2D eigenvalue weighted by atomic mass is 10.4. The van der Waals surface area contributed by atoms with E-state index in [4.69, 9.17) is 4.42 Å². The molecular formula is C7H5N3O2. The highest BCUT2D eigenvalue weighted by Crippen LogP contribution is 2.06. The summed E-state index contributed by atoms with van der Waals surface area (Å²) < 4.78 is 4.77. The molecule has 0 atom stereocenters. The lowest BCUT2D eigenvalue weighted by Crippen LogP contribution is -2.00. The van der Waals surface area contributed by atoms with Crippen molar-refractivity contribution in [3.05, 3.63) is 28.6 Å². The lowest BCUT2D eigenvalue weighted by molar-refractivity contribution is 0.542. The van der Waals surface area contributed by atoms with Crippen molar-refractivity contribution in [2.24, 2.45) is 0 Å². The highest BCUT2D eigenvalue weighted by molar-refractivity contribution is 5.68. The van der Waals surface area contributed by atoms with Crippen molar-refractivity contribution in [1.82, 2.24) is 15.0 Å². The summed E-state index contributed by atoms with van der Waals surface area (Å²) in [5.74, 6) is 0. The van der Waals surface area contributed by atoms with Gasteiger partial charge in [0.1, 0.15) is 18.0 Å². The number of nitrogens with zero attached hydrogens (tertiary/aromatic N) is 3. The minimum atomic E-state index is -0.499. The summed E-state index contributed by atoms with van der Waals surface area (Å²) in [6.45, 7) is 1.77. The molecular weight excluding hydrogens is 158 g/mol. The molecule has 0 N–H and O–H groups in total. The third-order valence-electron chi connectivity index (χ3n) is 1.47. The van der Waals surface area contributed by atoms with Gasteiger partial charge >= 0.3 is 5.63 Å². The summed E-state index contributed by atoms with van der Waals surface area (Å²) in [4.78, 5) is 22.2. The van der Waals surface area contributed by atoms with E-state index in [1.54, 1.807) is 6.92 Å². The molecule has 0 spiro atoms. The Labute approximate surface area is 67.1 Å². The van der Waals surface area contributed by atoms with Crippen LogP contribution in [0.2, 0.25) is 0 Å². The van der Waals surface area contributed by atoms with E-state index in [1.165, 1.54) is 6.33 Å². The number of fused-ring (bicyclic) bond motifs is 1. The van der Waals surface area contributed by atoms with E-state index in [1.807, 2.05) is 0 Å². The van der Waals surface area contributed by atoms with Crippen LogP contribution in [0.15, 0.2) is 21.7 Å². The number of aryl methyl sites for hydroxylation is 1. The first-order valence-corrected chi connectivity index (χ1v) is 3.35. The second-order valence-electron chi connectivity index (χ2n) is 2.29. The number of hydrogen-bond donors (Lipinski definition) is 0. The lowest BCUT2D eigenvalue weighted by Gasteiger charge is -1.94. The summed E-state index contributed by atoms with van der Waals surface area (Å²) in [5, 5.41) is 0. The molecule has 0 aromatic carbocycles. The van der Waals surface area contributed by atoms with Gasteiger partial charge in [0.2, 0.25) is 0 Å².